The van der Waals surface area contributed by atoms with Gasteiger partial charge in [-0.05, 0) is 69.2 Å². The van der Waals surface area contributed by atoms with E-state index in [1.165, 1.54) is 0 Å². The molecule has 6 heteroatoms. The summed E-state index contributed by atoms with van der Waals surface area (Å²) in [6.45, 7) is 3.83. The number of fused-ring (bicyclic) bond motifs is 1. The fourth-order valence-corrected chi connectivity index (χ4v) is 4.15. The molecule has 0 bridgehead atoms. The van der Waals surface area contributed by atoms with Crippen molar-refractivity contribution in [1.82, 2.24) is 14.6 Å². The van der Waals surface area contributed by atoms with Gasteiger partial charge in [-0.1, -0.05) is 23.7 Å². The van der Waals surface area contributed by atoms with Crippen LogP contribution < -0.4 is 5.32 Å². The minimum Gasteiger partial charge on any atom is -0.390 e. The topological polar surface area (TPSA) is 62.5 Å². The SMILES string of the molecule is CC(C)(O)C1CCC(Nc2ccn3ncc(-c4cccc(Cl)c4)c3n2)CC1. The normalized spacial score (nSPS) is 20.7. The van der Waals surface area contributed by atoms with Crippen molar-refractivity contribution in [2.45, 2.75) is 51.2 Å². The lowest BCUT2D eigenvalue weighted by molar-refractivity contribution is -0.000401. The lowest BCUT2D eigenvalue weighted by Crippen LogP contribution is -2.37. The maximum absolute atomic E-state index is 10.2. The molecule has 2 N–H and O–H groups in total. The minimum atomic E-state index is -0.592. The highest BCUT2D eigenvalue weighted by atomic mass is 35.5. The Morgan fingerprint density at radius 1 is 1.19 bits per heavy atom. The third kappa shape index (κ3) is 3.94. The van der Waals surface area contributed by atoms with Crippen LogP contribution in [0.3, 0.4) is 0 Å². The van der Waals surface area contributed by atoms with E-state index in [9.17, 15) is 5.11 Å². The number of nitrogens with zero attached hydrogens (tertiary/aromatic N) is 3. The molecule has 1 saturated carbocycles. The molecule has 4 rings (SSSR count). The summed E-state index contributed by atoms with van der Waals surface area (Å²) >= 11 is 6.14. The van der Waals surface area contributed by atoms with Crippen LogP contribution in [0.5, 0.6) is 0 Å². The highest BCUT2D eigenvalue weighted by molar-refractivity contribution is 6.30. The average molecular weight is 385 g/mol. The Kier molecular flexibility index (Phi) is 4.82. The first-order valence-electron chi connectivity index (χ1n) is 9.49. The van der Waals surface area contributed by atoms with E-state index in [1.54, 1.807) is 4.52 Å². The Hall–Kier alpha value is -2.11. The van der Waals surface area contributed by atoms with Gasteiger partial charge in [0.15, 0.2) is 5.65 Å². The number of benzene rings is 1. The molecule has 0 atom stereocenters. The van der Waals surface area contributed by atoms with Crippen molar-refractivity contribution in [1.29, 1.82) is 0 Å². The van der Waals surface area contributed by atoms with Crippen molar-refractivity contribution in [2.24, 2.45) is 5.92 Å². The average Bonchev–Trinajstić information content (AvgIpc) is 3.05. The van der Waals surface area contributed by atoms with Crippen LogP contribution in [0.15, 0.2) is 42.7 Å². The van der Waals surface area contributed by atoms with E-state index in [1.807, 2.05) is 56.6 Å². The van der Waals surface area contributed by atoms with Gasteiger partial charge in [0.1, 0.15) is 5.82 Å². The summed E-state index contributed by atoms with van der Waals surface area (Å²) in [4.78, 5) is 4.80. The number of hydrogen-bond acceptors (Lipinski definition) is 4. The molecular weight excluding hydrogens is 360 g/mol. The zero-order valence-electron chi connectivity index (χ0n) is 15.7. The Morgan fingerprint density at radius 3 is 2.67 bits per heavy atom. The summed E-state index contributed by atoms with van der Waals surface area (Å²) in [5, 5.41) is 18.9. The van der Waals surface area contributed by atoms with E-state index in [0.717, 1.165) is 48.3 Å². The molecule has 5 nitrogen and oxygen atoms in total. The largest absolute Gasteiger partial charge is 0.390 e. The highest BCUT2D eigenvalue weighted by Gasteiger charge is 2.31. The van der Waals surface area contributed by atoms with E-state index in [4.69, 9.17) is 16.6 Å². The van der Waals surface area contributed by atoms with Crippen molar-refractivity contribution < 1.29 is 5.11 Å². The smallest absolute Gasteiger partial charge is 0.165 e. The zero-order valence-corrected chi connectivity index (χ0v) is 16.4. The number of aromatic nitrogens is 3. The molecule has 2 heterocycles. The molecule has 3 aromatic rings. The van der Waals surface area contributed by atoms with E-state index in [2.05, 4.69) is 10.4 Å². The summed E-state index contributed by atoms with van der Waals surface area (Å²) in [5.41, 5.74) is 2.19. The second-order valence-electron chi connectivity index (χ2n) is 8.00. The predicted octanol–water partition coefficient (Wildman–Crippen LogP) is 4.79. The minimum absolute atomic E-state index is 0.371. The molecule has 1 aliphatic carbocycles. The van der Waals surface area contributed by atoms with Gasteiger partial charge in [-0.2, -0.15) is 5.10 Å². The van der Waals surface area contributed by atoms with E-state index >= 15 is 0 Å². The van der Waals surface area contributed by atoms with Crippen molar-refractivity contribution in [3.05, 3.63) is 47.7 Å². The van der Waals surface area contributed by atoms with Crippen LogP contribution in [-0.4, -0.2) is 31.3 Å². The van der Waals surface area contributed by atoms with E-state index in [0.29, 0.717) is 17.0 Å². The predicted molar refractivity (Wildman–Crippen MR) is 109 cm³/mol. The summed E-state index contributed by atoms with van der Waals surface area (Å²) in [5.74, 6) is 1.23. The molecule has 1 aliphatic rings. The van der Waals surface area contributed by atoms with Crippen molar-refractivity contribution >= 4 is 23.1 Å². The van der Waals surface area contributed by atoms with Gasteiger partial charge >= 0.3 is 0 Å². The van der Waals surface area contributed by atoms with Gasteiger partial charge in [-0.15, -0.1) is 0 Å². The van der Waals surface area contributed by atoms with Crippen LogP contribution in [0.2, 0.25) is 5.02 Å². The zero-order chi connectivity index (χ0) is 19.0. The van der Waals surface area contributed by atoms with Crippen LogP contribution in [0.25, 0.3) is 16.8 Å². The fraction of sp³-hybridized carbons (Fsp3) is 0.429. The number of aliphatic hydroxyl groups is 1. The standard InChI is InChI=1S/C21H25ClN4O/c1-21(2,27)15-6-8-17(9-7-15)24-19-10-11-26-20(25-19)18(13-23-26)14-4-3-5-16(22)12-14/h3-5,10-13,15,17,27H,6-9H2,1-2H3,(H,24,25). The Morgan fingerprint density at radius 2 is 1.96 bits per heavy atom. The highest BCUT2D eigenvalue weighted by Crippen LogP contribution is 2.33. The molecular formula is C21H25ClN4O. The molecule has 142 valence electrons. The Balaban J connectivity index is 1.53. The first kappa shape index (κ1) is 18.3. The molecule has 27 heavy (non-hydrogen) atoms. The van der Waals surface area contributed by atoms with Crippen molar-refractivity contribution in [2.75, 3.05) is 5.32 Å². The van der Waals surface area contributed by atoms with Crippen LogP contribution >= 0.6 is 11.6 Å². The molecule has 1 fully saturated rings. The third-order valence-corrected chi connectivity index (χ3v) is 5.82. The van der Waals surface area contributed by atoms with Gasteiger partial charge in [0, 0.05) is 22.8 Å². The third-order valence-electron chi connectivity index (χ3n) is 5.58. The Labute approximate surface area is 164 Å². The first-order valence-corrected chi connectivity index (χ1v) is 9.87. The van der Waals surface area contributed by atoms with Crippen LogP contribution in [0.4, 0.5) is 5.82 Å². The number of nitrogens with one attached hydrogen (secondary N) is 1. The lowest BCUT2D eigenvalue weighted by Gasteiger charge is -2.36. The maximum Gasteiger partial charge on any atom is 0.165 e. The van der Waals surface area contributed by atoms with Gasteiger partial charge < -0.3 is 10.4 Å². The second kappa shape index (κ2) is 7.13. The van der Waals surface area contributed by atoms with E-state index < -0.39 is 5.60 Å². The fourth-order valence-electron chi connectivity index (χ4n) is 3.96. The quantitative estimate of drug-likeness (QED) is 0.678. The molecule has 0 aliphatic heterocycles. The summed E-state index contributed by atoms with van der Waals surface area (Å²) in [6.07, 6.45) is 7.91. The van der Waals surface area contributed by atoms with Gasteiger partial charge in [0.2, 0.25) is 0 Å². The molecule has 0 amide bonds. The van der Waals surface area contributed by atoms with Crippen LogP contribution in [-0.2, 0) is 0 Å². The van der Waals surface area contributed by atoms with E-state index in [-0.39, 0.29) is 0 Å². The number of halogens is 1. The molecule has 0 radical (unpaired) electrons. The molecule has 1 aromatic carbocycles. The van der Waals surface area contributed by atoms with Gasteiger partial charge in [-0.3, -0.25) is 0 Å². The van der Waals surface area contributed by atoms with Crippen LogP contribution in [0, 0.1) is 5.92 Å². The lowest BCUT2D eigenvalue weighted by atomic mass is 9.77. The first-order chi connectivity index (χ1) is 12.9. The number of hydrogen-bond donors (Lipinski definition) is 2. The Bertz CT molecular complexity index is 939. The molecule has 2 aromatic heterocycles. The van der Waals surface area contributed by atoms with Crippen LogP contribution in [0.1, 0.15) is 39.5 Å². The monoisotopic (exact) mass is 384 g/mol. The second-order valence-corrected chi connectivity index (χ2v) is 8.43. The van der Waals surface area contributed by atoms with Gasteiger partial charge in [0.25, 0.3) is 0 Å². The maximum atomic E-state index is 10.2. The van der Waals surface area contributed by atoms with Gasteiger partial charge in [0.05, 0.1) is 11.8 Å². The summed E-state index contributed by atoms with van der Waals surface area (Å²) in [6, 6.07) is 10.1. The molecule has 0 saturated heterocycles. The van der Waals surface area contributed by atoms with Crippen molar-refractivity contribution in [3.63, 3.8) is 0 Å². The number of rotatable bonds is 4. The summed E-state index contributed by atoms with van der Waals surface area (Å²) < 4.78 is 1.78. The molecule has 0 spiro atoms. The summed E-state index contributed by atoms with van der Waals surface area (Å²) in [7, 11) is 0. The van der Waals surface area contributed by atoms with Crippen molar-refractivity contribution in [3.8, 4) is 11.1 Å². The molecule has 0 unspecified atom stereocenters. The van der Waals surface area contributed by atoms with Gasteiger partial charge in [-0.25, -0.2) is 9.50 Å². The number of anilines is 1.